The van der Waals surface area contributed by atoms with Crippen LogP contribution in [0.1, 0.15) is 12.0 Å². The number of hydrogen-bond acceptors (Lipinski definition) is 4. The molecule has 0 radical (unpaired) electrons. The molecule has 7 atom stereocenters. The van der Waals surface area contributed by atoms with Crippen molar-refractivity contribution in [3.8, 4) is 0 Å². The zero-order valence-corrected chi connectivity index (χ0v) is 15.4. The predicted molar refractivity (Wildman–Crippen MR) is 96.6 cm³/mol. The summed E-state index contributed by atoms with van der Waals surface area (Å²) in [5.74, 6) is 0.277. The first-order valence-corrected chi connectivity index (χ1v) is 9.55. The lowest BCUT2D eigenvalue weighted by molar-refractivity contribution is -0.169. The summed E-state index contributed by atoms with van der Waals surface area (Å²) < 4.78 is 6.31. The summed E-state index contributed by atoms with van der Waals surface area (Å²) in [5, 5.41) is 1.39. The standard InChI is InChI=1S/C21H22N2O4/c1-4-20-13-9-15-21(12-7-5-6-8-14(12)23(26-3)19(21)25)17(20)16(11(13)10-27-15)22(2)18(20)24/h4-8,11,13,15-17H,1,9-10H2,2-3H3/t11-,13+,15+,16+,17-,20-,21-/m0/s1. The summed E-state index contributed by atoms with van der Waals surface area (Å²) >= 11 is 0. The van der Waals surface area contributed by atoms with Crippen LogP contribution in [0.3, 0.4) is 0 Å². The number of carbonyl (C=O) groups excluding carboxylic acids is 2. The topological polar surface area (TPSA) is 59.1 Å². The Balaban J connectivity index is 1.70. The van der Waals surface area contributed by atoms with Crippen LogP contribution in [-0.2, 0) is 24.6 Å². The van der Waals surface area contributed by atoms with Crippen molar-refractivity contribution in [2.45, 2.75) is 24.0 Å². The Morgan fingerprint density at radius 1 is 1.30 bits per heavy atom. The number of fused-ring (bicyclic) bond motifs is 5. The highest BCUT2D eigenvalue weighted by Gasteiger charge is 2.83. The van der Waals surface area contributed by atoms with Crippen molar-refractivity contribution in [3.05, 3.63) is 42.5 Å². The summed E-state index contributed by atoms with van der Waals surface area (Å²) in [6, 6.07) is 7.76. The maximum absolute atomic E-state index is 13.9. The van der Waals surface area contributed by atoms with Gasteiger partial charge >= 0.3 is 0 Å². The second-order valence-corrected chi connectivity index (χ2v) is 8.52. The smallest absolute Gasteiger partial charge is 0.264 e. The van der Waals surface area contributed by atoms with Crippen molar-refractivity contribution in [2.24, 2.45) is 23.2 Å². The number of nitrogens with zero attached hydrogens (tertiary/aromatic N) is 2. The van der Waals surface area contributed by atoms with Crippen LogP contribution in [0.15, 0.2) is 36.9 Å². The summed E-state index contributed by atoms with van der Waals surface area (Å²) in [6.07, 6.45) is 2.31. The maximum Gasteiger partial charge on any atom is 0.264 e. The summed E-state index contributed by atoms with van der Waals surface area (Å²) in [4.78, 5) is 34.6. The Morgan fingerprint density at radius 2 is 2.07 bits per heavy atom. The molecule has 27 heavy (non-hydrogen) atoms. The van der Waals surface area contributed by atoms with E-state index in [4.69, 9.17) is 9.57 Å². The van der Waals surface area contributed by atoms with Crippen LogP contribution >= 0.6 is 0 Å². The van der Waals surface area contributed by atoms with E-state index < -0.39 is 10.8 Å². The fraction of sp³-hybridized carbons (Fsp3) is 0.524. The molecule has 6 heteroatoms. The molecule has 0 unspecified atom stereocenters. The molecule has 0 N–H and O–H groups in total. The number of para-hydroxylation sites is 1. The van der Waals surface area contributed by atoms with Gasteiger partial charge in [-0.05, 0) is 24.0 Å². The first kappa shape index (κ1) is 15.8. The summed E-state index contributed by atoms with van der Waals surface area (Å²) in [6.45, 7) is 4.68. The number of rotatable bonds is 2. The van der Waals surface area contributed by atoms with Crippen molar-refractivity contribution in [1.82, 2.24) is 4.90 Å². The zero-order valence-electron chi connectivity index (χ0n) is 15.4. The SMILES string of the molecule is C=C[C@]12C(=O)N(C)[C@@H]3[C@H]4CO[C@H](C[C@H]41)[C@]1(C(=O)N(OC)c4ccccc41)[C@@H]32. The van der Waals surface area contributed by atoms with E-state index in [9.17, 15) is 9.59 Å². The molecule has 3 aliphatic heterocycles. The molecule has 1 aromatic carbocycles. The highest BCUT2D eigenvalue weighted by molar-refractivity contribution is 6.09. The minimum Gasteiger partial charge on any atom is -0.376 e. The van der Waals surface area contributed by atoms with Crippen LogP contribution in [-0.4, -0.2) is 49.6 Å². The number of anilines is 1. The average Bonchev–Trinajstić information content (AvgIpc) is 3.12. The first-order valence-electron chi connectivity index (χ1n) is 9.55. The summed E-state index contributed by atoms with van der Waals surface area (Å²) in [5.41, 5.74) is 0.0770. The first-order chi connectivity index (χ1) is 13.0. The van der Waals surface area contributed by atoms with Crippen molar-refractivity contribution in [1.29, 1.82) is 0 Å². The lowest BCUT2D eigenvalue weighted by Crippen LogP contribution is -2.63. The zero-order chi connectivity index (χ0) is 18.7. The van der Waals surface area contributed by atoms with E-state index in [1.165, 1.54) is 12.2 Å². The molecule has 2 saturated carbocycles. The van der Waals surface area contributed by atoms with Crippen LogP contribution in [0, 0.1) is 23.2 Å². The van der Waals surface area contributed by atoms with Crippen molar-refractivity contribution < 1.29 is 19.2 Å². The largest absolute Gasteiger partial charge is 0.376 e. The van der Waals surface area contributed by atoms with Crippen LogP contribution in [0.5, 0.6) is 0 Å². The van der Waals surface area contributed by atoms with Gasteiger partial charge in [-0.1, -0.05) is 24.3 Å². The molecule has 5 aliphatic rings. The molecule has 3 heterocycles. The minimum atomic E-state index is -0.909. The third-order valence-corrected chi connectivity index (χ3v) is 8.15. The third kappa shape index (κ3) is 1.32. The van der Waals surface area contributed by atoms with Crippen molar-refractivity contribution in [3.63, 3.8) is 0 Å². The van der Waals surface area contributed by atoms with Gasteiger partial charge in [0.1, 0.15) is 5.41 Å². The lowest BCUT2D eigenvalue weighted by Gasteiger charge is -2.53. The molecule has 140 valence electrons. The van der Waals surface area contributed by atoms with E-state index in [-0.39, 0.29) is 41.7 Å². The van der Waals surface area contributed by atoms with Crippen LogP contribution in [0.4, 0.5) is 5.69 Å². The Morgan fingerprint density at radius 3 is 2.81 bits per heavy atom. The highest BCUT2D eigenvalue weighted by Crippen LogP contribution is 2.74. The van der Waals surface area contributed by atoms with Gasteiger partial charge in [0.15, 0.2) is 0 Å². The van der Waals surface area contributed by atoms with Gasteiger partial charge < -0.3 is 9.64 Å². The van der Waals surface area contributed by atoms with E-state index in [0.717, 1.165) is 11.3 Å². The lowest BCUT2D eigenvalue weighted by atomic mass is 9.51. The Bertz CT molecular complexity index is 915. The number of piperidine rings is 1. The molecule has 2 aliphatic carbocycles. The van der Waals surface area contributed by atoms with Gasteiger partial charge in [-0.2, -0.15) is 5.06 Å². The quantitative estimate of drug-likeness (QED) is 0.745. The van der Waals surface area contributed by atoms with Gasteiger partial charge in [-0.15, -0.1) is 6.58 Å². The Hall–Kier alpha value is -2.18. The molecule has 1 spiro atoms. The third-order valence-electron chi connectivity index (χ3n) is 8.15. The highest BCUT2D eigenvalue weighted by atomic mass is 16.7. The van der Waals surface area contributed by atoms with E-state index in [1.54, 1.807) is 0 Å². The average molecular weight is 366 g/mol. The van der Waals surface area contributed by atoms with Crippen molar-refractivity contribution >= 4 is 17.5 Å². The molecular weight excluding hydrogens is 344 g/mol. The van der Waals surface area contributed by atoms with E-state index in [2.05, 4.69) is 6.58 Å². The van der Waals surface area contributed by atoms with Gasteiger partial charge in [-0.25, -0.2) is 0 Å². The van der Waals surface area contributed by atoms with Gasteiger partial charge in [0.05, 0.1) is 30.9 Å². The van der Waals surface area contributed by atoms with Crippen molar-refractivity contribution in [2.75, 3.05) is 25.8 Å². The van der Waals surface area contributed by atoms with E-state index >= 15 is 0 Å². The number of ether oxygens (including phenoxy) is 1. The molecule has 1 aromatic rings. The molecule has 0 aromatic heterocycles. The number of benzene rings is 1. The normalized spacial score (nSPS) is 45.9. The fourth-order valence-electron chi connectivity index (χ4n) is 7.42. The number of carbonyl (C=O) groups is 2. The maximum atomic E-state index is 13.9. The number of hydroxylamine groups is 1. The van der Waals surface area contributed by atoms with Crippen LogP contribution in [0.2, 0.25) is 0 Å². The van der Waals surface area contributed by atoms with Gasteiger partial charge in [0.2, 0.25) is 5.91 Å². The van der Waals surface area contributed by atoms with Gasteiger partial charge in [0.25, 0.3) is 5.91 Å². The molecule has 2 amide bonds. The monoisotopic (exact) mass is 366 g/mol. The number of hydrogen-bond donors (Lipinski definition) is 0. The minimum absolute atomic E-state index is 0.0122. The molecule has 5 bridgehead atoms. The van der Waals surface area contributed by atoms with E-state index in [1.807, 2.05) is 42.3 Å². The van der Waals surface area contributed by atoms with Gasteiger partial charge in [-0.3, -0.25) is 14.4 Å². The fourth-order valence-corrected chi connectivity index (χ4v) is 7.42. The van der Waals surface area contributed by atoms with E-state index in [0.29, 0.717) is 13.0 Å². The number of amides is 2. The van der Waals surface area contributed by atoms with Gasteiger partial charge in [0, 0.05) is 24.9 Å². The second kappa shape index (κ2) is 4.62. The molecule has 2 saturated heterocycles. The molecule has 6 nitrogen and oxygen atoms in total. The Kier molecular flexibility index (Phi) is 2.71. The molecule has 6 rings (SSSR count). The predicted octanol–water partition coefficient (Wildman–Crippen LogP) is 1.51. The van der Waals surface area contributed by atoms with Crippen LogP contribution < -0.4 is 5.06 Å². The van der Waals surface area contributed by atoms with Crippen LogP contribution in [0.25, 0.3) is 0 Å². The second-order valence-electron chi connectivity index (χ2n) is 8.52. The number of likely N-dealkylation sites (tertiary alicyclic amines) is 1. The molecular formula is C21H22N2O4. The molecule has 4 fully saturated rings. The summed E-state index contributed by atoms with van der Waals surface area (Å²) in [7, 11) is 3.38. The Labute approximate surface area is 157 Å².